The number of nitrogens with two attached hydrogens (primary N) is 1. The van der Waals surface area contributed by atoms with Crippen LogP contribution in [0.1, 0.15) is 42.0 Å². The molecular weight excluding hydrogens is 260 g/mol. The smallest absolute Gasteiger partial charge is 0.0482 e. The predicted octanol–water partition coefficient (Wildman–Crippen LogP) is 2.36. The van der Waals surface area contributed by atoms with Gasteiger partial charge < -0.3 is 0 Å². The number of rotatable bonds is 5. The highest BCUT2D eigenvalue weighted by Crippen LogP contribution is 2.33. The summed E-state index contributed by atoms with van der Waals surface area (Å²) in [5.74, 6) is 6.25. The highest BCUT2D eigenvalue weighted by Gasteiger charge is 2.28. The second-order valence-corrected chi connectivity index (χ2v) is 5.71. The zero-order valence-corrected chi connectivity index (χ0v) is 12.2. The number of nitrogens with one attached hydrogen (secondary N) is 1. The summed E-state index contributed by atoms with van der Waals surface area (Å²) < 4.78 is 0. The van der Waals surface area contributed by atoms with Crippen LogP contribution >= 0.6 is 0 Å². The van der Waals surface area contributed by atoms with Crippen LogP contribution in [0, 0.1) is 0 Å². The standard InChI is InChI=1S/C17H22N4/c18-21-16(7-6-13-8-11-19-12-9-13)15-5-1-3-14-4-2-10-20-17(14)15/h2,4,8-12,15-16,21H,1,3,5-7,18H2. The molecule has 0 saturated heterocycles. The lowest BCUT2D eigenvalue weighted by atomic mass is 9.80. The highest BCUT2D eigenvalue weighted by molar-refractivity contribution is 5.27. The van der Waals surface area contributed by atoms with E-state index in [2.05, 4.69) is 33.6 Å². The normalized spacial score (nSPS) is 19.0. The maximum atomic E-state index is 5.83. The van der Waals surface area contributed by atoms with Gasteiger partial charge in [0.1, 0.15) is 0 Å². The van der Waals surface area contributed by atoms with Gasteiger partial charge in [0.05, 0.1) is 0 Å². The van der Waals surface area contributed by atoms with Crippen LogP contribution in [0.5, 0.6) is 0 Å². The molecule has 2 aromatic heterocycles. The third kappa shape index (κ3) is 3.28. The van der Waals surface area contributed by atoms with E-state index in [4.69, 9.17) is 5.84 Å². The molecule has 3 N–H and O–H groups in total. The van der Waals surface area contributed by atoms with Crippen molar-refractivity contribution in [1.29, 1.82) is 0 Å². The molecule has 3 rings (SSSR count). The van der Waals surface area contributed by atoms with Gasteiger partial charge in [0.15, 0.2) is 0 Å². The van der Waals surface area contributed by atoms with E-state index in [-0.39, 0.29) is 6.04 Å². The first-order valence-electron chi connectivity index (χ1n) is 7.67. The monoisotopic (exact) mass is 282 g/mol. The fourth-order valence-corrected chi connectivity index (χ4v) is 3.31. The number of pyridine rings is 2. The number of aromatic nitrogens is 2. The molecule has 0 aliphatic heterocycles. The second kappa shape index (κ2) is 6.78. The minimum Gasteiger partial charge on any atom is -0.271 e. The fourth-order valence-electron chi connectivity index (χ4n) is 3.31. The van der Waals surface area contributed by atoms with Crippen molar-refractivity contribution in [1.82, 2.24) is 15.4 Å². The van der Waals surface area contributed by atoms with E-state index in [0.29, 0.717) is 5.92 Å². The lowest BCUT2D eigenvalue weighted by Crippen LogP contribution is -2.41. The third-order valence-electron chi connectivity index (χ3n) is 4.43. The lowest BCUT2D eigenvalue weighted by Gasteiger charge is -2.31. The molecule has 0 fully saturated rings. The number of hydrazine groups is 1. The Bertz CT molecular complexity index is 570. The number of hydrogen-bond acceptors (Lipinski definition) is 4. The molecule has 0 saturated carbocycles. The molecular formula is C17H22N4. The van der Waals surface area contributed by atoms with Gasteiger partial charge in [-0.3, -0.25) is 21.2 Å². The van der Waals surface area contributed by atoms with Gasteiger partial charge >= 0.3 is 0 Å². The average molecular weight is 282 g/mol. The molecule has 110 valence electrons. The molecule has 4 nitrogen and oxygen atoms in total. The fraction of sp³-hybridized carbons (Fsp3) is 0.412. The Kier molecular flexibility index (Phi) is 4.58. The summed E-state index contributed by atoms with van der Waals surface area (Å²) in [7, 11) is 0. The molecule has 4 heteroatoms. The molecule has 0 bridgehead atoms. The first-order chi connectivity index (χ1) is 10.4. The number of fused-ring (bicyclic) bond motifs is 1. The van der Waals surface area contributed by atoms with Gasteiger partial charge in [0.25, 0.3) is 0 Å². The number of aryl methyl sites for hydroxylation is 2. The van der Waals surface area contributed by atoms with Crippen molar-refractivity contribution in [3.63, 3.8) is 0 Å². The predicted molar refractivity (Wildman–Crippen MR) is 83.6 cm³/mol. The van der Waals surface area contributed by atoms with Gasteiger partial charge in [-0.25, -0.2) is 0 Å². The third-order valence-corrected chi connectivity index (χ3v) is 4.43. The number of nitrogens with zero attached hydrogens (tertiary/aromatic N) is 2. The van der Waals surface area contributed by atoms with Crippen LogP contribution in [0.2, 0.25) is 0 Å². The van der Waals surface area contributed by atoms with Gasteiger partial charge in [-0.05, 0) is 61.4 Å². The Labute approximate surface area is 125 Å². The van der Waals surface area contributed by atoms with Gasteiger partial charge in [-0.2, -0.15) is 0 Å². The van der Waals surface area contributed by atoms with Gasteiger partial charge in [-0.1, -0.05) is 6.07 Å². The van der Waals surface area contributed by atoms with Crippen LogP contribution < -0.4 is 11.3 Å². The molecule has 0 spiro atoms. The Hall–Kier alpha value is -1.78. The van der Waals surface area contributed by atoms with Gasteiger partial charge in [-0.15, -0.1) is 0 Å². The Morgan fingerprint density at radius 1 is 1.24 bits per heavy atom. The maximum Gasteiger partial charge on any atom is 0.0482 e. The minimum atomic E-state index is 0.270. The van der Waals surface area contributed by atoms with Crippen molar-refractivity contribution in [3.05, 3.63) is 59.7 Å². The lowest BCUT2D eigenvalue weighted by molar-refractivity contribution is 0.371. The van der Waals surface area contributed by atoms with Crippen LogP contribution in [-0.4, -0.2) is 16.0 Å². The van der Waals surface area contributed by atoms with E-state index >= 15 is 0 Å². The van der Waals surface area contributed by atoms with E-state index in [9.17, 15) is 0 Å². The van der Waals surface area contributed by atoms with Crippen molar-refractivity contribution in [3.8, 4) is 0 Å². The number of hydrogen-bond donors (Lipinski definition) is 2. The summed E-state index contributed by atoms with van der Waals surface area (Å²) in [5.41, 5.74) is 6.96. The van der Waals surface area contributed by atoms with Gasteiger partial charge in [0, 0.05) is 36.2 Å². The van der Waals surface area contributed by atoms with Crippen LogP contribution in [0.15, 0.2) is 42.9 Å². The first kappa shape index (κ1) is 14.2. The molecule has 0 amide bonds. The highest BCUT2D eigenvalue weighted by atomic mass is 15.2. The summed E-state index contributed by atoms with van der Waals surface area (Å²) in [4.78, 5) is 8.68. The Morgan fingerprint density at radius 2 is 2.10 bits per heavy atom. The second-order valence-electron chi connectivity index (χ2n) is 5.71. The minimum absolute atomic E-state index is 0.270. The zero-order chi connectivity index (χ0) is 14.5. The summed E-state index contributed by atoms with van der Waals surface area (Å²) in [6, 6.07) is 8.64. The van der Waals surface area contributed by atoms with Crippen molar-refractivity contribution in [2.75, 3.05) is 0 Å². The van der Waals surface area contributed by atoms with E-state index in [1.54, 1.807) is 0 Å². The quantitative estimate of drug-likeness (QED) is 0.653. The zero-order valence-electron chi connectivity index (χ0n) is 12.2. The van der Waals surface area contributed by atoms with E-state index < -0.39 is 0 Å². The largest absolute Gasteiger partial charge is 0.271 e. The summed E-state index contributed by atoms with van der Waals surface area (Å²) in [5, 5.41) is 0. The molecule has 21 heavy (non-hydrogen) atoms. The Balaban J connectivity index is 1.72. The molecule has 0 aromatic carbocycles. The van der Waals surface area contributed by atoms with E-state index in [0.717, 1.165) is 25.7 Å². The molecule has 1 aliphatic carbocycles. The Morgan fingerprint density at radius 3 is 2.90 bits per heavy atom. The van der Waals surface area contributed by atoms with E-state index in [1.165, 1.54) is 23.2 Å². The summed E-state index contributed by atoms with van der Waals surface area (Å²) in [6.45, 7) is 0. The van der Waals surface area contributed by atoms with E-state index in [1.807, 2.05) is 24.7 Å². The van der Waals surface area contributed by atoms with Crippen LogP contribution in [0.4, 0.5) is 0 Å². The van der Waals surface area contributed by atoms with Crippen LogP contribution in [0.25, 0.3) is 0 Å². The summed E-state index contributed by atoms with van der Waals surface area (Å²) >= 11 is 0. The SMILES string of the molecule is NNC(CCc1ccncc1)C1CCCc2cccnc21. The average Bonchev–Trinajstić information content (AvgIpc) is 2.56. The van der Waals surface area contributed by atoms with Crippen molar-refractivity contribution in [2.24, 2.45) is 5.84 Å². The molecule has 0 radical (unpaired) electrons. The van der Waals surface area contributed by atoms with Crippen molar-refractivity contribution < 1.29 is 0 Å². The van der Waals surface area contributed by atoms with Gasteiger partial charge in [0.2, 0.25) is 0 Å². The molecule has 1 aliphatic rings. The molecule has 2 heterocycles. The maximum absolute atomic E-state index is 5.83. The van der Waals surface area contributed by atoms with Crippen molar-refractivity contribution >= 4 is 0 Å². The molecule has 2 aromatic rings. The summed E-state index contributed by atoms with van der Waals surface area (Å²) in [6.07, 6.45) is 11.1. The first-order valence-corrected chi connectivity index (χ1v) is 7.67. The van der Waals surface area contributed by atoms with Crippen molar-refractivity contribution in [2.45, 2.75) is 44.1 Å². The van der Waals surface area contributed by atoms with Crippen LogP contribution in [-0.2, 0) is 12.8 Å². The topological polar surface area (TPSA) is 63.8 Å². The molecule has 2 atom stereocenters. The van der Waals surface area contributed by atoms with Crippen LogP contribution in [0.3, 0.4) is 0 Å². The molecule has 2 unspecified atom stereocenters.